The average molecular weight is 335 g/mol. The van der Waals surface area contributed by atoms with Crippen molar-refractivity contribution in [2.75, 3.05) is 0 Å². The number of hydrogen-bond acceptors (Lipinski definition) is 5. The van der Waals surface area contributed by atoms with Crippen molar-refractivity contribution in [3.63, 3.8) is 0 Å². The lowest BCUT2D eigenvalue weighted by molar-refractivity contribution is 0.0696. The van der Waals surface area contributed by atoms with Crippen LogP contribution in [0, 0.1) is 0 Å². The first kappa shape index (κ1) is 12.5. The molecule has 100 valence electrons. The highest BCUT2D eigenvalue weighted by Gasteiger charge is 2.15. The summed E-state index contributed by atoms with van der Waals surface area (Å²) in [7, 11) is 0. The number of aromatic carboxylic acids is 1. The van der Waals surface area contributed by atoms with E-state index in [1.54, 1.807) is 10.8 Å². The van der Waals surface area contributed by atoms with Gasteiger partial charge in [0.1, 0.15) is 12.1 Å². The number of nitrogens with zero attached hydrogens (tertiary/aromatic N) is 4. The largest absolute Gasteiger partial charge is 0.493 e. The van der Waals surface area contributed by atoms with E-state index in [1.807, 2.05) is 0 Å². The monoisotopic (exact) mass is 334 g/mol. The van der Waals surface area contributed by atoms with Crippen LogP contribution in [0.1, 0.15) is 10.4 Å². The van der Waals surface area contributed by atoms with Gasteiger partial charge in [0.15, 0.2) is 5.65 Å². The van der Waals surface area contributed by atoms with E-state index >= 15 is 0 Å². The molecular weight excluding hydrogens is 328 g/mol. The Labute approximate surface area is 120 Å². The zero-order chi connectivity index (χ0) is 14.3. The molecular formula is C12H7BrN4O3. The number of aromatic nitrogens is 4. The molecule has 0 saturated heterocycles. The third kappa shape index (κ3) is 1.90. The van der Waals surface area contributed by atoms with Gasteiger partial charge < -0.3 is 10.2 Å². The summed E-state index contributed by atoms with van der Waals surface area (Å²) in [4.78, 5) is 22.9. The van der Waals surface area contributed by atoms with Crippen molar-refractivity contribution < 1.29 is 15.0 Å². The molecule has 0 amide bonds. The molecule has 0 aliphatic rings. The Morgan fingerprint density at radius 3 is 2.85 bits per heavy atom. The minimum absolute atomic E-state index is 0.117. The molecule has 0 radical (unpaired) electrons. The Kier molecular flexibility index (Phi) is 2.87. The van der Waals surface area contributed by atoms with Crippen molar-refractivity contribution in [2.45, 2.75) is 0 Å². The van der Waals surface area contributed by atoms with E-state index in [0.717, 1.165) is 0 Å². The molecule has 2 N–H and O–H groups in total. The first-order valence-electron chi connectivity index (χ1n) is 5.48. The van der Waals surface area contributed by atoms with Crippen molar-refractivity contribution in [3.05, 3.63) is 40.9 Å². The fourth-order valence-corrected chi connectivity index (χ4v) is 2.42. The van der Waals surface area contributed by atoms with E-state index in [1.165, 1.54) is 24.7 Å². The Balaban J connectivity index is 2.28. The number of aromatic hydroxyl groups is 1. The molecule has 20 heavy (non-hydrogen) atoms. The molecule has 3 aromatic rings. The molecule has 8 heteroatoms. The molecule has 0 atom stereocenters. The molecule has 0 aromatic carbocycles. The first-order chi connectivity index (χ1) is 9.58. The second-order valence-electron chi connectivity index (χ2n) is 3.95. The van der Waals surface area contributed by atoms with Crippen LogP contribution in [0.4, 0.5) is 0 Å². The maximum Gasteiger partial charge on any atom is 0.335 e. The minimum Gasteiger partial charge on any atom is -0.493 e. The van der Waals surface area contributed by atoms with Gasteiger partial charge >= 0.3 is 5.97 Å². The van der Waals surface area contributed by atoms with Gasteiger partial charge in [0.25, 0.3) is 0 Å². The maximum atomic E-state index is 11.0. The predicted octanol–water partition coefficient (Wildman–Crippen LogP) is 1.98. The highest BCUT2D eigenvalue weighted by molar-refractivity contribution is 9.10. The van der Waals surface area contributed by atoms with Gasteiger partial charge in [-0.15, -0.1) is 0 Å². The smallest absolute Gasteiger partial charge is 0.335 e. The van der Waals surface area contributed by atoms with Crippen molar-refractivity contribution in [3.8, 4) is 11.7 Å². The van der Waals surface area contributed by atoms with Crippen LogP contribution in [0.5, 0.6) is 5.88 Å². The first-order valence-corrected chi connectivity index (χ1v) is 6.27. The van der Waals surface area contributed by atoms with Crippen LogP contribution < -0.4 is 0 Å². The van der Waals surface area contributed by atoms with Gasteiger partial charge in [0, 0.05) is 12.4 Å². The Morgan fingerprint density at radius 2 is 2.10 bits per heavy atom. The van der Waals surface area contributed by atoms with Gasteiger partial charge in [-0.2, -0.15) is 0 Å². The molecule has 3 aromatic heterocycles. The Morgan fingerprint density at radius 1 is 1.30 bits per heavy atom. The van der Waals surface area contributed by atoms with E-state index in [9.17, 15) is 9.90 Å². The van der Waals surface area contributed by atoms with E-state index < -0.39 is 5.97 Å². The minimum atomic E-state index is -1.04. The van der Waals surface area contributed by atoms with Crippen LogP contribution in [0.3, 0.4) is 0 Å². The number of hydrogen-bond donors (Lipinski definition) is 2. The molecule has 7 nitrogen and oxygen atoms in total. The topological polar surface area (TPSA) is 101 Å². The van der Waals surface area contributed by atoms with Crippen LogP contribution in [0.2, 0.25) is 0 Å². The fourth-order valence-electron chi connectivity index (χ4n) is 1.86. The summed E-state index contributed by atoms with van der Waals surface area (Å²) in [5.74, 6) is -0.810. The highest BCUT2D eigenvalue weighted by Crippen LogP contribution is 2.31. The standard InChI is InChI=1S/C12H7BrN4O3/c13-7-4-17(10-9(7)11(18)16-5-15-10)8-3-6(12(19)20)1-2-14-8/h1-5H,(H,19,20)(H,15,16,18). The van der Waals surface area contributed by atoms with Crippen LogP contribution in [0.15, 0.2) is 35.3 Å². The summed E-state index contributed by atoms with van der Waals surface area (Å²) in [5.41, 5.74) is 0.547. The lowest BCUT2D eigenvalue weighted by Gasteiger charge is -2.04. The predicted molar refractivity (Wildman–Crippen MR) is 73.0 cm³/mol. The SMILES string of the molecule is O=C(O)c1ccnc(-n2cc(Br)c3c(O)ncnc32)c1. The molecule has 0 aliphatic heterocycles. The van der Waals surface area contributed by atoms with Gasteiger partial charge in [0.2, 0.25) is 5.88 Å². The number of halogens is 1. The van der Waals surface area contributed by atoms with Gasteiger partial charge in [0.05, 0.1) is 15.4 Å². The second kappa shape index (κ2) is 4.57. The molecule has 0 fully saturated rings. The van der Waals surface area contributed by atoms with E-state index in [-0.39, 0.29) is 11.4 Å². The van der Waals surface area contributed by atoms with Crippen molar-refractivity contribution in [2.24, 2.45) is 0 Å². The number of fused-ring (bicyclic) bond motifs is 1. The normalized spacial score (nSPS) is 10.8. The van der Waals surface area contributed by atoms with E-state index in [2.05, 4.69) is 30.9 Å². The third-order valence-electron chi connectivity index (χ3n) is 2.76. The summed E-state index contributed by atoms with van der Waals surface area (Å²) in [6.07, 6.45) is 4.27. The summed E-state index contributed by atoms with van der Waals surface area (Å²) < 4.78 is 2.17. The van der Waals surface area contributed by atoms with Crippen LogP contribution in [-0.2, 0) is 0 Å². The zero-order valence-electron chi connectivity index (χ0n) is 9.86. The molecule has 3 heterocycles. The van der Waals surface area contributed by atoms with E-state index in [0.29, 0.717) is 21.3 Å². The summed E-state index contributed by atoms with van der Waals surface area (Å²) in [5, 5.41) is 19.2. The number of carboxylic acids is 1. The average Bonchev–Trinajstić information content (AvgIpc) is 2.78. The molecule has 0 unspecified atom stereocenters. The molecule has 0 bridgehead atoms. The zero-order valence-corrected chi connectivity index (χ0v) is 11.4. The lowest BCUT2D eigenvalue weighted by atomic mass is 10.2. The fraction of sp³-hybridized carbons (Fsp3) is 0. The van der Waals surface area contributed by atoms with Crippen molar-refractivity contribution in [1.82, 2.24) is 19.5 Å². The van der Waals surface area contributed by atoms with Crippen molar-refractivity contribution >= 4 is 32.9 Å². The summed E-state index contributed by atoms with van der Waals surface area (Å²) in [6.45, 7) is 0. The summed E-state index contributed by atoms with van der Waals surface area (Å²) in [6, 6.07) is 2.83. The van der Waals surface area contributed by atoms with Gasteiger partial charge in [-0.05, 0) is 28.1 Å². The molecule has 0 spiro atoms. The van der Waals surface area contributed by atoms with Gasteiger partial charge in [-0.1, -0.05) is 0 Å². The van der Waals surface area contributed by atoms with Gasteiger partial charge in [-0.25, -0.2) is 19.7 Å². The number of pyridine rings is 1. The number of carbonyl (C=O) groups is 1. The maximum absolute atomic E-state index is 11.0. The summed E-state index contributed by atoms with van der Waals surface area (Å²) >= 11 is 3.31. The Hall–Kier alpha value is -2.48. The Bertz CT molecular complexity index is 831. The van der Waals surface area contributed by atoms with Crippen LogP contribution >= 0.6 is 15.9 Å². The molecule has 3 rings (SSSR count). The van der Waals surface area contributed by atoms with Crippen molar-refractivity contribution in [1.29, 1.82) is 0 Å². The third-order valence-corrected chi connectivity index (χ3v) is 3.36. The highest BCUT2D eigenvalue weighted by atomic mass is 79.9. The second-order valence-corrected chi connectivity index (χ2v) is 4.81. The van der Waals surface area contributed by atoms with E-state index in [4.69, 9.17) is 5.11 Å². The molecule has 0 aliphatic carbocycles. The van der Waals surface area contributed by atoms with Gasteiger partial charge in [-0.3, -0.25) is 4.57 Å². The quantitative estimate of drug-likeness (QED) is 0.743. The van der Waals surface area contributed by atoms with Crippen LogP contribution in [0.25, 0.3) is 16.9 Å². The number of carboxylic acid groups (broad SMARTS) is 1. The molecule has 0 saturated carbocycles. The number of rotatable bonds is 2. The lowest BCUT2D eigenvalue weighted by Crippen LogP contribution is -2.02. The van der Waals surface area contributed by atoms with Crippen LogP contribution in [-0.4, -0.2) is 35.7 Å².